The van der Waals surface area contributed by atoms with Gasteiger partial charge in [-0.1, -0.05) is 0 Å². The van der Waals surface area contributed by atoms with Gasteiger partial charge in [-0.25, -0.2) is 0 Å². The molecule has 6 heteroatoms. The summed E-state index contributed by atoms with van der Waals surface area (Å²) in [7, 11) is 1.62. The first-order valence-corrected chi connectivity index (χ1v) is 6.42. The number of methoxy groups -OCH3 is 1. The van der Waals surface area contributed by atoms with E-state index >= 15 is 0 Å². The first-order chi connectivity index (χ1) is 9.19. The Kier molecular flexibility index (Phi) is 2.87. The average molecular weight is 319 g/mol. The summed E-state index contributed by atoms with van der Waals surface area (Å²) < 4.78 is 8.05. The summed E-state index contributed by atoms with van der Waals surface area (Å²) >= 11 is 3.44. The second-order valence-corrected chi connectivity index (χ2v) is 4.97. The van der Waals surface area contributed by atoms with Crippen molar-refractivity contribution in [3.05, 3.63) is 41.0 Å². The predicted molar refractivity (Wildman–Crippen MR) is 77.1 cm³/mol. The van der Waals surface area contributed by atoms with Gasteiger partial charge in [0.25, 0.3) is 0 Å². The Morgan fingerprint density at radius 2 is 2.05 bits per heavy atom. The maximum absolute atomic E-state index is 6.02. The third kappa shape index (κ3) is 2.04. The highest BCUT2D eigenvalue weighted by atomic mass is 79.9. The third-order valence-electron chi connectivity index (χ3n) is 2.87. The van der Waals surface area contributed by atoms with Gasteiger partial charge in [0, 0.05) is 21.9 Å². The number of fused-ring (bicyclic) bond motifs is 1. The van der Waals surface area contributed by atoms with Crippen LogP contribution in [-0.2, 0) is 0 Å². The molecule has 0 bridgehead atoms. The molecule has 96 valence electrons. The number of anilines is 1. The number of hydrogen-bond acceptors (Lipinski definition) is 4. The number of nitrogens with zero attached hydrogens (tertiary/aromatic N) is 3. The number of hydrogen-bond donors (Lipinski definition) is 1. The highest BCUT2D eigenvalue weighted by Gasteiger charge is 2.12. The van der Waals surface area contributed by atoms with Crippen molar-refractivity contribution in [3.8, 4) is 17.1 Å². The Bertz CT molecular complexity index is 753. The molecule has 0 aliphatic heterocycles. The quantitative estimate of drug-likeness (QED) is 0.738. The molecular formula is C13H11BrN4O. The van der Waals surface area contributed by atoms with Crippen LogP contribution in [-0.4, -0.2) is 21.7 Å². The van der Waals surface area contributed by atoms with E-state index in [4.69, 9.17) is 10.5 Å². The Labute approximate surface area is 118 Å². The zero-order chi connectivity index (χ0) is 13.4. The van der Waals surface area contributed by atoms with Gasteiger partial charge in [-0.2, -0.15) is 0 Å². The monoisotopic (exact) mass is 318 g/mol. The molecule has 0 radical (unpaired) electrons. The number of ether oxygens (including phenoxy) is 1. The molecular weight excluding hydrogens is 308 g/mol. The predicted octanol–water partition coefficient (Wildman–Crippen LogP) is 2.75. The second kappa shape index (κ2) is 4.55. The fraction of sp³-hybridized carbons (Fsp3) is 0.0769. The summed E-state index contributed by atoms with van der Waals surface area (Å²) in [6, 6.07) is 9.28. The van der Waals surface area contributed by atoms with Crippen LogP contribution in [0.3, 0.4) is 0 Å². The molecule has 0 amide bonds. The van der Waals surface area contributed by atoms with Gasteiger partial charge in [0.1, 0.15) is 5.75 Å². The normalized spacial score (nSPS) is 10.8. The van der Waals surface area contributed by atoms with Crippen molar-refractivity contribution < 1.29 is 4.74 Å². The van der Waals surface area contributed by atoms with Crippen LogP contribution in [0, 0.1) is 0 Å². The molecule has 2 aromatic heterocycles. The molecule has 0 aliphatic rings. The van der Waals surface area contributed by atoms with Gasteiger partial charge >= 0.3 is 0 Å². The third-order valence-corrected chi connectivity index (χ3v) is 3.34. The number of aromatic nitrogens is 3. The van der Waals surface area contributed by atoms with Gasteiger partial charge in [-0.05, 0) is 46.3 Å². The van der Waals surface area contributed by atoms with Crippen molar-refractivity contribution in [1.29, 1.82) is 0 Å². The van der Waals surface area contributed by atoms with E-state index in [9.17, 15) is 0 Å². The summed E-state index contributed by atoms with van der Waals surface area (Å²) in [6.45, 7) is 0. The Hall–Kier alpha value is -2.08. The minimum Gasteiger partial charge on any atom is -0.497 e. The molecule has 0 saturated heterocycles. The number of nitrogens with two attached hydrogens (primary N) is 1. The maximum Gasteiger partial charge on any atom is 0.170 e. The molecule has 2 N–H and O–H groups in total. The number of rotatable bonds is 2. The van der Waals surface area contributed by atoms with Crippen LogP contribution in [0.4, 0.5) is 5.69 Å². The summed E-state index contributed by atoms with van der Waals surface area (Å²) in [4.78, 5) is 0. The lowest BCUT2D eigenvalue weighted by Gasteiger charge is -2.07. The topological polar surface area (TPSA) is 65.4 Å². The van der Waals surface area contributed by atoms with Crippen molar-refractivity contribution in [1.82, 2.24) is 14.6 Å². The van der Waals surface area contributed by atoms with Crippen molar-refractivity contribution in [2.75, 3.05) is 12.8 Å². The molecule has 1 aromatic carbocycles. The molecule has 5 nitrogen and oxygen atoms in total. The van der Waals surface area contributed by atoms with Gasteiger partial charge in [-0.3, -0.25) is 4.40 Å². The first-order valence-electron chi connectivity index (χ1n) is 5.63. The number of pyridine rings is 1. The maximum atomic E-state index is 6.02. The number of nitrogen functional groups attached to an aromatic ring is 1. The molecule has 3 rings (SSSR count). The SMILES string of the molecule is COc1ccc(N)c(-c2nnc3ccc(Br)cn23)c1. The lowest BCUT2D eigenvalue weighted by atomic mass is 10.1. The van der Waals surface area contributed by atoms with Gasteiger partial charge in [0.15, 0.2) is 11.5 Å². The van der Waals surface area contributed by atoms with E-state index in [1.54, 1.807) is 13.2 Å². The van der Waals surface area contributed by atoms with E-state index < -0.39 is 0 Å². The highest BCUT2D eigenvalue weighted by Crippen LogP contribution is 2.29. The smallest absolute Gasteiger partial charge is 0.170 e. The molecule has 0 unspecified atom stereocenters. The van der Waals surface area contributed by atoms with E-state index in [-0.39, 0.29) is 0 Å². The minimum atomic E-state index is 0.634. The summed E-state index contributed by atoms with van der Waals surface area (Å²) in [5.41, 5.74) is 8.21. The summed E-state index contributed by atoms with van der Waals surface area (Å²) in [5, 5.41) is 8.33. The molecule has 0 spiro atoms. The van der Waals surface area contributed by atoms with Crippen molar-refractivity contribution in [2.24, 2.45) is 0 Å². The Morgan fingerprint density at radius 1 is 1.21 bits per heavy atom. The molecule has 3 aromatic rings. The van der Waals surface area contributed by atoms with Crippen LogP contribution in [0.15, 0.2) is 41.0 Å². The fourth-order valence-electron chi connectivity index (χ4n) is 1.90. The molecule has 19 heavy (non-hydrogen) atoms. The van der Waals surface area contributed by atoms with Crippen LogP contribution in [0.1, 0.15) is 0 Å². The zero-order valence-electron chi connectivity index (χ0n) is 10.2. The number of benzene rings is 1. The molecule has 0 atom stereocenters. The van der Waals surface area contributed by atoms with E-state index in [1.165, 1.54) is 0 Å². The van der Waals surface area contributed by atoms with Gasteiger partial charge < -0.3 is 10.5 Å². The first kappa shape index (κ1) is 12.0. The van der Waals surface area contributed by atoms with Gasteiger partial charge in [0.05, 0.1) is 7.11 Å². The largest absolute Gasteiger partial charge is 0.497 e. The van der Waals surface area contributed by atoms with Crippen LogP contribution in [0.2, 0.25) is 0 Å². The van der Waals surface area contributed by atoms with Gasteiger partial charge in [-0.15, -0.1) is 10.2 Å². The van der Waals surface area contributed by atoms with Crippen molar-refractivity contribution in [2.45, 2.75) is 0 Å². The molecule has 0 fully saturated rings. The van der Waals surface area contributed by atoms with Gasteiger partial charge in [0.2, 0.25) is 0 Å². The van der Waals surface area contributed by atoms with E-state index in [0.717, 1.165) is 21.4 Å². The molecule has 0 aliphatic carbocycles. The van der Waals surface area contributed by atoms with Crippen LogP contribution in [0.25, 0.3) is 17.0 Å². The summed E-state index contributed by atoms with van der Waals surface area (Å²) in [6.07, 6.45) is 1.91. The molecule has 0 saturated carbocycles. The lowest BCUT2D eigenvalue weighted by Crippen LogP contribution is -1.96. The Morgan fingerprint density at radius 3 is 2.84 bits per heavy atom. The summed E-state index contributed by atoms with van der Waals surface area (Å²) in [5.74, 6) is 1.42. The highest BCUT2D eigenvalue weighted by molar-refractivity contribution is 9.10. The molecule has 2 heterocycles. The minimum absolute atomic E-state index is 0.634. The van der Waals surface area contributed by atoms with Crippen LogP contribution < -0.4 is 10.5 Å². The van der Waals surface area contributed by atoms with Crippen molar-refractivity contribution in [3.63, 3.8) is 0 Å². The van der Waals surface area contributed by atoms with E-state index in [0.29, 0.717) is 11.5 Å². The standard InChI is InChI=1S/C13H11BrN4O/c1-19-9-3-4-11(15)10(6-9)13-17-16-12-5-2-8(14)7-18(12)13/h2-7H,15H2,1H3. The average Bonchev–Trinajstić information content (AvgIpc) is 2.82. The van der Waals surface area contributed by atoms with Crippen LogP contribution >= 0.6 is 15.9 Å². The fourth-order valence-corrected chi connectivity index (χ4v) is 2.24. The van der Waals surface area contributed by atoms with E-state index in [1.807, 2.05) is 34.9 Å². The Balaban J connectivity index is 2.26. The van der Waals surface area contributed by atoms with E-state index in [2.05, 4.69) is 26.1 Å². The second-order valence-electron chi connectivity index (χ2n) is 4.05. The lowest BCUT2D eigenvalue weighted by molar-refractivity contribution is 0.415. The van der Waals surface area contributed by atoms with Crippen LogP contribution in [0.5, 0.6) is 5.75 Å². The van der Waals surface area contributed by atoms with Crippen molar-refractivity contribution >= 4 is 27.3 Å². The number of halogens is 1. The zero-order valence-corrected chi connectivity index (χ0v) is 11.8.